The molecule has 0 radical (unpaired) electrons. The molecule has 18 heavy (non-hydrogen) atoms. The Bertz CT molecular complexity index is 725. The molecule has 0 fully saturated rings. The average molecular weight is 241 g/mol. The zero-order valence-corrected chi connectivity index (χ0v) is 9.74. The SMILES string of the molecule is Cn1c(-c2ccccc2)cn2cc(C(=O)O)nc12. The van der Waals surface area contributed by atoms with Gasteiger partial charge in [0.15, 0.2) is 5.69 Å². The van der Waals surface area contributed by atoms with Crippen molar-refractivity contribution in [3.8, 4) is 11.3 Å². The minimum absolute atomic E-state index is 0.0558. The third kappa shape index (κ3) is 1.48. The largest absolute Gasteiger partial charge is 0.476 e. The van der Waals surface area contributed by atoms with Gasteiger partial charge in [-0.05, 0) is 5.56 Å². The molecule has 3 aromatic rings. The fourth-order valence-corrected chi connectivity index (χ4v) is 2.03. The van der Waals surface area contributed by atoms with E-state index in [1.807, 2.05) is 48.1 Å². The van der Waals surface area contributed by atoms with Crippen molar-refractivity contribution in [2.45, 2.75) is 0 Å². The molecular formula is C13H11N3O2. The minimum atomic E-state index is -1.01. The number of benzene rings is 1. The zero-order chi connectivity index (χ0) is 12.7. The van der Waals surface area contributed by atoms with E-state index in [9.17, 15) is 4.79 Å². The van der Waals surface area contributed by atoms with Crippen molar-refractivity contribution in [1.29, 1.82) is 0 Å². The molecule has 0 unspecified atom stereocenters. The fourth-order valence-electron chi connectivity index (χ4n) is 2.03. The van der Waals surface area contributed by atoms with E-state index in [1.165, 1.54) is 6.20 Å². The number of carboxylic acids is 1. The van der Waals surface area contributed by atoms with E-state index in [2.05, 4.69) is 4.98 Å². The summed E-state index contributed by atoms with van der Waals surface area (Å²) in [6.45, 7) is 0. The Morgan fingerprint density at radius 3 is 2.56 bits per heavy atom. The van der Waals surface area contributed by atoms with Gasteiger partial charge in [0.25, 0.3) is 0 Å². The lowest BCUT2D eigenvalue weighted by Gasteiger charge is -2.01. The maximum atomic E-state index is 10.8. The number of imidazole rings is 2. The number of hydrogen-bond donors (Lipinski definition) is 1. The topological polar surface area (TPSA) is 59.5 Å². The molecule has 0 bridgehead atoms. The Kier molecular flexibility index (Phi) is 2.19. The number of aromatic carboxylic acids is 1. The lowest BCUT2D eigenvalue weighted by atomic mass is 10.2. The first kappa shape index (κ1) is 10.6. The number of carboxylic acid groups (broad SMARTS) is 1. The van der Waals surface area contributed by atoms with Crippen LogP contribution in [0.4, 0.5) is 0 Å². The van der Waals surface area contributed by atoms with Crippen LogP contribution in [0.5, 0.6) is 0 Å². The molecule has 0 amide bonds. The monoisotopic (exact) mass is 241 g/mol. The first-order chi connectivity index (χ1) is 8.66. The van der Waals surface area contributed by atoms with Gasteiger partial charge in [-0.1, -0.05) is 30.3 Å². The van der Waals surface area contributed by atoms with E-state index >= 15 is 0 Å². The predicted octanol–water partition coefficient (Wildman–Crippen LogP) is 2.04. The molecule has 0 aliphatic rings. The third-order valence-electron chi connectivity index (χ3n) is 2.92. The first-order valence-corrected chi connectivity index (χ1v) is 5.50. The van der Waals surface area contributed by atoms with Crippen molar-refractivity contribution in [2.75, 3.05) is 0 Å². The normalized spacial score (nSPS) is 10.9. The van der Waals surface area contributed by atoms with Gasteiger partial charge in [0.1, 0.15) is 0 Å². The number of nitrogens with zero attached hydrogens (tertiary/aromatic N) is 3. The molecular weight excluding hydrogens is 230 g/mol. The Hall–Kier alpha value is -2.56. The van der Waals surface area contributed by atoms with Crippen molar-refractivity contribution in [2.24, 2.45) is 7.05 Å². The summed E-state index contributed by atoms with van der Waals surface area (Å²) in [6, 6.07) is 9.90. The number of hydrogen-bond acceptors (Lipinski definition) is 2. The van der Waals surface area contributed by atoms with Gasteiger partial charge in [-0.3, -0.25) is 4.40 Å². The van der Waals surface area contributed by atoms with E-state index in [0.29, 0.717) is 5.78 Å². The van der Waals surface area contributed by atoms with Crippen LogP contribution in [-0.2, 0) is 7.05 Å². The van der Waals surface area contributed by atoms with Crippen LogP contribution >= 0.6 is 0 Å². The maximum absolute atomic E-state index is 10.8. The summed E-state index contributed by atoms with van der Waals surface area (Å²) in [7, 11) is 1.87. The van der Waals surface area contributed by atoms with E-state index < -0.39 is 5.97 Å². The average Bonchev–Trinajstić information content (AvgIpc) is 2.91. The molecule has 3 rings (SSSR count). The molecule has 0 saturated heterocycles. The standard InChI is InChI=1S/C13H11N3O2/c1-15-11(9-5-3-2-4-6-9)8-16-7-10(12(17)18)14-13(15)16/h2-8H,1H3,(H,17,18). The summed E-state index contributed by atoms with van der Waals surface area (Å²) in [5, 5.41) is 8.90. The second-order valence-corrected chi connectivity index (χ2v) is 4.08. The van der Waals surface area contributed by atoms with Crippen LogP contribution in [-0.4, -0.2) is 25.0 Å². The van der Waals surface area contributed by atoms with Crippen LogP contribution in [0.3, 0.4) is 0 Å². The smallest absolute Gasteiger partial charge is 0.356 e. The Balaban J connectivity index is 2.19. The molecule has 5 nitrogen and oxygen atoms in total. The molecule has 0 saturated carbocycles. The van der Waals surface area contributed by atoms with Crippen LogP contribution in [0.25, 0.3) is 17.0 Å². The molecule has 0 spiro atoms. The molecule has 2 heterocycles. The highest BCUT2D eigenvalue weighted by Gasteiger charge is 2.14. The lowest BCUT2D eigenvalue weighted by molar-refractivity contribution is 0.0691. The van der Waals surface area contributed by atoms with Gasteiger partial charge in [-0.15, -0.1) is 0 Å². The molecule has 0 aliphatic carbocycles. The highest BCUT2D eigenvalue weighted by molar-refractivity contribution is 5.86. The highest BCUT2D eigenvalue weighted by atomic mass is 16.4. The van der Waals surface area contributed by atoms with Crippen molar-refractivity contribution >= 4 is 11.7 Å². The summed E-state index contributed by atoms with van der Waals surface area (Å²) >= 11 is 0. The predicted molar refractivity (Wildman–Crippen MR) is 66.6 cm³/mol. The van der Waals surface area contributed by atoms with Gasteiger partial charge in [0.05, 0.1) is 5.69 Å². The summed E-state index contributed by atoms with van der Waals surface area (Å²) in [5.41, 5.74) is 2.12. The van der Waals surface area contributed by atoms with Crippen molar-refractivity contribution in [3.63, 3.8) is 0 Å². The number of carbonyl (C=O) groups is 1. The fraction of sp³-hybridized carbons (Fsp3) is 0.0769. The summed E-state index contributed by atoms with van der Waals surface area (Å²) < 4.78 is 3.60. The van der Waals surface area contributed by atoms with Crippen LogP contribution < -0.4 is 0 Å². The van der Waals surface area contributed by atoms with E-state index in [4.69, 9.17) is 5.11 Å². The summed E-state index contributed by atoms with van der Waals surface area (Å²) in [6.07, 6.45) is 3.40. The van der Waals surface area contributed by atoms with E-state index in [0.717, 1.165) is 11.3 Å². The van der Waals surface area contributed by atoms with Gasteiger partial charge in [0.2, 0.25) is 5.78 Å². The Morgan fingerprint density at radius 1 is 1.22 bits per heavy atom. The van der Waals surface area contributed by atoms with Crippen molar-refractivity contribution in [3.05, 3.63) is 48.4 Å². The molecule has 2 aromatic heterocycles. The van der Waals surface area contributed by atoms with E-state index in [1.54, 1.807) is 4.40 Å². The van der Waals surface area contributed by atoms with Crippen molar-refractivity contribution in [1.82, 2.24) is 14.0 Å². The zero-order valence-electron chi connectivity index (χ0n) is 9.74. The minimum Gasteiger partial charge on any atom is -0.476 e. The molecule has 0 aliphatic heterocycles. The van der Waals surface area contributed by atoms with Crippen LogP contribution in [0.1, 0.15) is 10.5 Å². The first-order valence-electron chi connectivity index (χ1n) is 5.50. The number of rotatable bonds is 2. The molecule has 0 atom stereocenters. The van der Waals surface area contributed by atoms with Crippen LogP contribution in [0.2, 0.25) is 0 Å². The summed E-state index contributed by atoms with van der Waals surface area (Å²) in [4.78, 5) is 14.9. The Morgan fingerprint density at radius 2 is 1.94 bits per heavy atom. The summed E-state index contributed by atoms with van der Waals surface area (Å²) in [5.74, 6) is -0.397. The maximum Gasteiger partial charge on any atom is 0.356 e. The molecule has 90 valence electrons. The Labute approximate surface area is 103 Å². The molecule has 1 N–H and O–H groups in total. The van der Waals surface area contributed by atoms with E-state index in [-0.39, 0.29) is 5.69 Å². The number of aromatic nitrogens is 3. The highest BCUT2D eigenvalue weighted by Crippen LogP contribution is 2.21. The molecule has 5 heteroatoms. The number of aryl methyl sites for hydroxylation is 1. The third-order valence-corrected chi connectivity index (χ3v) is 2.92. The van der Waals surface area contributed by atoms with Crippen LogP contribution in [0, 0.1) is 0 Å². The van der Waals surface area contributed by atoms with Crippen LogP contribution in [0.15, 0.2) is 42.7 Å². The quantitative estimate of drug-likeness (QED) is 0.746. The van der Waals surface area contributed by atoms with Gasteiger partial charge in [-0.2, -0.15) is 0 Å². The van der Waals surface area contributed by atoms with Gasteiger partial charge >= 0.3 is 5.97 Å². The second kappa shape index (κ2) is 3.73. The van der Waals surface area contributed by atoms with Gasteiger partial charge < -0.3 is 9.67 Å². The van der Waals surface area contributed by atoms with Gasteiger partial charge in [-0.25, -0.2) is 9.78 Å². The van der Waals surface area contributed by atoms with Crippen molar-refractivity contribution < 1.29 is 9.90 Å². The lowest BCUT2D eigenvalue weighted by Crippen LogP contribution is -1.97. The van der Waals surface area contributed by atoms with Gasteiger partial charge in [0, 0.05) is 19.4 Å². The molecule has 1 aromatic carbocycles. The number of fused-ring (bicyclic) bond motifs is 1. The second-order valence-electron chi connectivity index (χ2n) is 4.08.